The molecule has 0 spiro atoms. The van der Waals surface area contributed by atoms with Crippen molar-refractivity contribution in [3.8, 4) is 11.5 Å². The van der Waals surface area contributed by atoms with Crippen LogP contribution in [0.2, 0.25) is 0 Å². The van der Waals surface area contributed by atoms with Gasteiger partial charge in [0.05, 0.1) is 0 Å². The summed E-state index contributed by atoms with van der Waals surface area (Å²) in [6.07, 6.45) is 13.9. The van der Waals surface area contributed by atoms with Gasteiger partial charge < -0.3 is 4.52 Å². The molecule has 3 nitrogen and oxygen atoms in total. The van der Waals surface area contributed by atoms with E-state index in [2.05, 4.69) is 31.1 Å². The summed E-state index contributed by atoms with van der Waals surface area (Å²) in [6, 6.07) is 8.25. The van der Waals surface area contributed by atoms with Gasteiger partial charge in [-0.15, -0.1) is 0 Å². The average molecular weight is 367 g/mol. The van der Waals surface area contributed by atoms with Crippen molar-refractivity contribution in [3.05, 3.63) is 35.7 Å². The Morgan fingerprint density at radius 2 is 1.59 bits per heavy atom. The van der Waals surface area contributed by atoms with E-state index in [0.717, 1.165) is 29.1 Å². The van der Waals surface area contributed by atoms with Gasteiger partial charge in [0.15, 0.2) is 5.82 Å². The fourth-order valence-corrected chi connectivity index (χ4v) is 5.53. The second-order valence-electron chi connectivity index (χ2n) is 8.95. The van der Waals surface area contributed by atoms with E-state index in [1.807, 2.05) is 12.1 Å². The van der Waals surface area contributed by atoms with Crippen LogP contribution in [0.3, 0.4) is 0 Å². The predicted molar refractivity (Wildman–Crippen MR) is 110 cm³/mol. The highest BCUT2D eigenvalue weighted by atomic mass is 16.5. The van der Waals surface area contributed by atoms with Crippen molar-refractivity contribution in [1.29, 1.82) is 0 Å². The molecule has 146 valence electrons. The minimum atomic E-state index is 0.485. The van der Waals surface area contributed by atoms with E-state index in [9.17, 15) is 0 Å². The highest BCUT2D eigenvalue weighted by molar-refractivity contribution is 5.57. The molecule has 2 aliphatic carbocycles. The summed E-state index contributed by atoms with van der Waals surface area (Å²) in [5.74, 6) is 5.03. The van der Waals surface area contributed by atoms with Crippen LogP contribution in [0.4, 0.5) is 0 Å². The lowest BCUT2D eigenvalue weighted by molar-refractivity contribution is 0.155. The molecule has 1 aromatic heterocycles. The molecule has 0 aliphatic heterocycles. The number of nitrogens with zero attached hydrogens (tertiary/aromatic N) is 2. The summed E-state index contributed by atoms with van der Waals surface area (Å²) in [7, 11) is 0. The van der Waals surface area contributed by atoms with Crippen molar-refractivity contribution in [1.82, 2.24) is 10.1 Å². The molecule has 27 heavy (non-hydrogen) atoms. The summed E-state index contributed by atoms with van der Waals surface area (Å²) < 4.78 is 5.60. The van der Waals surface area contributed by atoms with Gasteiger partial charge in [0.25, 0.3) is 5.89 Å². The lowest BCUT2D eigenvalue weighted by Gasteiger charge is -2.37. The molecular formula is C24H34N2O. The number of hydrogen-bond acceptors (Lipinski definition) is 3. The SMILES string of the molecule is CCCC1CCC(C2CCC(c3noc(-c4ccccc4C)n3)CC2)CC1. The zero-order valence-corrected chi connectivity index (χ0v) is 17.0. The van der Waals surface area contributed by atoms with Crippen LogP contribution in [0.25, 0.3) is 11.5 Å². The molecule has 1 heterocycles. The Morgan fingerprint density at radius 1 is 0.926 bits per heavy atom. The van der Waals surface area contributed by atoms with Crippen LogP contribution in [0.5, 0.6) is 0 Å². The second kappa shape index (κ2) is 8.58. The molecule has 0 saturated heterocycles. The lowest BCUT2D eigenvalue weighted by Crippen LogP contribution is -2.25. The van der Waals surface area contributed by atoms with Gasteiger partial charge in [-0.25, -0.2) is 0 Å². The monoisotopic (exact) mass is 366 g/mol. The standard InChI is InChI=1S/C24H34N2O/c1-3-6-18-9-11-19(12-10-18)20-13-15-21(16-14-20)23-25-24(27-26-23)22-8-5-4-7-17(22)2/h4-5,7-8,18-21H,3,6,9-16H2,1-2H3. The van der Waals surface area contributed by atoms with Crippen LogP contribution in [0, 0.1) is 24.7 Å². The molecule has 0 radical (unpaired) electrons. The van der Waals surface area contributed by atoms with E-state index in [4.69, 9.17) is 9.51 Å². The Hall–Kier alpha value is -1.64. The van der Waals surface area contributed by atoms with Crippen molar-refractivity contribution >= 4 is 0 Å². The maximum absolute atomic E-state index is 5.60. The smallest absolute Gasteiger partial charge is 0.258 e. The minimum Gasteiger partial charge on any atom is -0.334 e. The molecule has 1 aromatic carbocycles. The van der Waals surface area contributed by atoms with Gasteiger partial charge >= 0.3 is 0 Å². The van der Waals surface area contributed by atoms with E-state index >= 15 is 0 Å². The molecule has 0 N–H and O–H groups in total. The van der Waals surface area contributed by atoms with Crippen molar-refractivity contribution in [2.75, 3.05) is 0 Å². The van der Waals surface area contributed by atoms with Crippen LogP contribution < -0.4 is 0 Å². The molecule has 2 saturated carbocycles. The van der Waals surface area contributed by atoms with E-state index in [1.165, 1.54) is 69.8 Å². The van der Waals surface area contributed by atoms with Crippen molar-refractivity contribution < 1.29 is 4.52 Å². The number of aromatic nitrogens is 2. The summed E-state index contributed by atoms with van der Waals surface area (Å²) in [5, 5.41) is 4.34. The Bertz CT molecular complexity index is 721. The van der Waals surface area contributed by atoms with Gasteiger partial charge in [-0.2, -0.15) is 4.98 Å². The molecule has 4 rings (SSSR count). The maximum atomic E-state index is 5.60. The van der Waals surface area contributed by atoms with E-state index in [1.54, 1.807) is 0 Å². The van der Waals surface area contributed by atoms with Gasteiger partial charge in [0, 0.05) is 11.5 Å². The first-order chi connectivity index (χ1) is 13.2. The van der Waals surface area contributed by atoms with Crippen LogP contribution >= 0.6 is 0 Å². The van der Waals surface area contributed by atoms with Crippen LogP contribution in [-0.2, 0) is 0 Å². The Morgan fingerprint density at radius 3 is 2.26 bits per heavy atom. The molecule has 2 aromatic rings. The highest BCUT2D eigenvalue weighted by Gasteiger charge is 2.32. The summed E-state index contributed by atoms with van der Waals surface area (Å²) in [5.41, 5.74) is 2.25. The first kappa shape index (κ1) is 18.7. The molecule has 0 bridgehead atoms. The Kier molecular flexibility index (Phi) is 5.95. The quantitative estimate of drug-likeness (QED) is 0.576. The summed E-state index contributed by atoms with van der Waals surface area (Å²) in [6.45, 7) is 4.43. The van der Waals surface area contributed by atoms with Crippen molar-refractivity contribution in [3.63, 3.8) is 0 Å². The van der Waals surface area contributed by atoms with E-state index in [-0.39, 0.29) is 0 Å². The van der Waals surface area contributed by atoms with E-state index in [0.29, 0.717) is 11.8 Å². The third-order valence-electron chi connectivity index (χ3n) is 7.21. The van der Waals surface area contributed by atoms with Gasteiger partial charge in [0.1, 0.15) is 0 Å². The molecule has 0 atom stereocenters. The van der Waals surface area contributed by atoms with Crippen LogP contribution in [0.15, 0.2) is 28.8 Å². The van der Waals surface area contributed by atoms with Crippen LogP contribution in [0.1, 0.15) is 88.4 Å². The molecule has 0 unspecified atom stereocenters. The maximum Gasteiger partial charge on any atom is 0.258 e. The fourth-order valence-electron chi connectivity index (χ4n) is 5.53. The van der Waals surface area contributed by atoms with Gasteiger partial charge in [-0.05, 0) is 74.8 Å². The second-order valence-corrected chi connectivity index (χ2v) is 8.95. The van der Waals surface area contributed by atoms with Gasteiger partial charge in [-0.1, -0.05) is 56.0 Å². The normalized spacial score (nSPS) is 29.0. The topological polar surface area (TPSA) is 38.9 Å². The number of benzene rings is 1. The number of hydrogen-bond donors (Lipinski definition) is 0. The third-order valence-corrected chi connectivity index (χ3v) is 7.21. The Labute approximate surface area is 164 Å². The molecule has 0 amide bonds. The minimum absolute atomic E-state index is 0.485. The molecule has 2 aliphatic rings. The first-order valence-corrected chi connectivity index (χ1v) is 11.1. The van der Waals surface area contributed by atoms with Crippen molar-refractivity contribution in [2.24, 2.45) is 17.8 Å². The van der Waals surface area contributed by atoms with Crippen molar-refractivity contribution in [2.45, 2.75) is 84.0 Å². The molecular weight excluding hydrogens is 332 g/mol. The zero-order valence-electron chi connectivity index (χ0n) is 17.0. The average Bonchev–Trinajstić information content (AvgIpc) is 3.19. The predicted octanol–water partition coefficient (Wildman–Crippen LogP) is 6.93. The molecule has 3 heteroatoms. The first-order valence-electron chi connectivity index (χ1n) is 11.1. The number of aryl methyl sites for hydroxylation is 1. The number of rotatable bonds is 5. The highest BCUT2D eigenvalue weighted by Crippen LogP contribution is 2.44. The van der Waals surface area contributed by atoms with E-state index < -0.39 is 0 Å². The summed E-state index contributed by atoms with van der Waals surface area (Å²) in [4.78, 5) is 4.76. The van der Waals surface area contributed by atoms with Crippen LogP contribution in [-0.4, -0.2) is 10.1 Å². The zero-order chi connectivity index (χ0) is 18.6. The lowest BCUT2D eigenvalue weighted by atomic mass is 9.68. The third kappa shape index (κ3) is 4.28. The Balaban J connectivity index is 1.32. The van der Waals surface area contributed by atoms with Gasteiger partial charge in [-0.3, -0.25) is 0 Å². The van der Waals surface area contributed by atoms with Gasteiger partial charge in [0.2, 0.25) is 0 Å². The molecule has 2 fully saturated rings. The largest absolute Gasteiger partial charge is 0.334 e. The fraction of sp³-hybridized carbons (Fsp3) is 0.667. The summed E-state index contributed by atoms with van der Waals surface area (Å²) >= 11 is 0.